The van der Waals surface area contributed by atoms with Gasteiger partial charge in [0, 0.05) is 17.5 Å². The van der Waals surface area contributed by atoms with Gasteiger partial charge in [0.1, 0.15) is 0 Å². The molecule has 0 fully saturated rings. The van der Waals surface area contributed by atoms with Gasteiger partial charge in [-0.2, -0.15) is 0 Å². The molecule has 0 amide bonds. The van der Waals surface area contributed by atoms with E-state index in [-0.39, 0.29) is 6.04 Å². The monoisotopic (exact) mass is 286 g/mol. The molecule has 0 saturated carbocycles. The Balaban J connectivity index is 2.39. The van der Waals surface area contributed by atoms with Gasteiger partial charge in [0.2, 0.25) is 0 Å². The van der Waals surface area contributed by atoms with Crippen molar-refractivity contribution in [3.8, 4) is 0 Å². The fourth-order valence-corrected chi connectivity index (χ4v) is 3.23. The molecule has 0 radical (unpaired) electrons. The van der Waals surface area contributed by atoms with Crippen molar-refractivity contribution in [1.82, 2.24) is 10.3 Å². The highest BCUT2D eigenvalue weighted by molar-refractivity contribution is 7.20. The van der Waals surface area contributed by atoms with Crippen LogP contribution in [0.1, 0.15) is 22.9 Å². The van der Waals surface area contributed by atoms with E-state index in [0.717, 1.165) is 21.2 Å². The van der Waals surface area contributed by atoms with Gasteiger partial charge in [-0.1, -0.05) is 29.3 Å². The van der Waals surface area contributed by atoms with Crippen LogP contribution >= 0.6 is 34.5 Å². The van der Waals surface area contributed by atoms with Gasteiger partial charge in [0.25, 0.3) is 0 Å². The summed E-state index contributed by atoms with van der Waals surface area (Å²) in [5.41, 5.74) is 3.07. The number of aryl methyl sites for hydroxylation is 1. The van der Waals surface area contributed by atoms with Crippen molar-refractivity contribution >= 4 is 34.5 Å². The summed E-state index contributed by atoms with van der Waals surface area (Å²) in [6.07, 6.45) is 1.86. The van der Waals surface area contributed by atoms with Gasteiger partial charge in [-0.25, -0.2) is 0 Å². The summed E-state index contributed by atoms with van der Waals surface area (Å²) in [6.45, 7) is 1.96. The van der Waals surface area contributed by atoms with E-state index in [1.54, 1.807) is 0 Å². The van der Waals surface area contributed by atoms with Gasteiger partial charge in [-0.15, -0.1) is 11.3 Å². The molecule has 0 bridgehead atoms. The third-order valence-corrected chi connectivity index (χ3v) is 4.07. The topological polar surface area (TPSA) is 24.9 Å². The first kappa shape index (κ1) is 12.8. The van der Waals surface area contributed by atoms with Crippen molar-refractivity contribution in [3.63, 3.8) is 0 Å². The van der Waals surface area contributed by atoms with E-state index in [0.29, 0.717) is 4.34 Å². The summed E-state index contributed by atoms with van der Waals surface area (Å²) in [4.78, 5) is 4.30. The number of hydrogen-bond donors (Lipinski definition) is 1. The molecule has 90 valence electrons. The summed E-state index contributed by atoms with van der Waals surface area (Å²) >= 11 is 13.5. The summed E-state index contributed by atoms with van der Waals surface area (Å²) in [5.74, 6) is 0. The normalized spacial score (nSPS) is 12.7. The molecule has 17 heavy (non-hydrogen) atoms. The van der Waals surface area contributed by atoms with Crippen molar-refractivity contribution in [2.45, 2.75) is 13.0 Å². The van der Waals surface area contributed by atoms with Gasteiger partial charge in [-0.3, -0.25) is 4.98 Å². The van der Waals surface area contributed by atoms with Crippen LogP contribution in [-0.4, -0.2) is 12.0 Å². The molecule has 1 unspecified atom stereocenters. The van der Waals surface area contributed by atoms with Crippen molar-refractivity contribution in [3.05, 3.63) is 49.9 Å². The molecule has 1 atom stereocenters. The van der Waals surface area contributed by atoms with Gasteiger partial charge in [0.05, 0.1) is 14.7 Å². The van der Waals surface area contributed by atoms with Crippen LogP contribution in [0.3, 0.4) is 0 Å². The third-order valence-electron chi connectivity index (χ3n) is 2.55. The van der Waals surface area contributed by atoms with Crippen LogP contribution in [0.25, 0.3) is 0 Å². The van der Waals surface area contributed by atoms with E-state index < -0.39 is 0 Å². The largest absolute Gasteiger partial charge is 0.309 e. The molecule has 1 N–H and O–H groups in total. The number of nitrogens with one attached hydrogen (secondary N) is 1. The first-order chi connectivity index (χ1) is 8.11. The predicted molar refractivity (Wildman–Crippen MR) is 74.2 cm³/mol. The number of pyridine rings is 1. The quantitative estimate of drug-likeness (QED) is 0.920. The summed E-state index contributed by atoms with van der Waals surface area (Å²) < 4.78 is 1.42. The van der Waals surface area contributed by atoms with E-state index in [2.05, 4.69) is 10.3 Å². The van der Waals surface area contributed by atoms with E-state index in [1.807, 2.05) is 38.4 Å². The SMILES string of the molecule is CNC(c1ccc(C)nc1)c1cc(Cl)sc1Cl. The number of hydrogen-bond acceptors (Lipinski definition) is 3. The third kappa shape index (κ3) is 2.80. The maximum atomic E-state index is 6.17. The van der Waals surface area contributed by atoms with Crippen molar-refractivity contribution in [2.24, 2.45) is 0 Å². The Kier molecular flexibility index (Phi) is 4.05. The Labute approximate surface area is 115 Å². The van der Waals surface area contributed by atoms with Gasteiger partial charge < -0.3 is 5.32 Å². The average Bonchev–Trinajstić information content (AvgIpc) is 2.62. The lowest BCUT2D eigenvalue weighted by atomic mass is 10.0. The Morgan fingerprint density at radius 1 is 1.35 bits per heavy atom. The lowest BCUT2D eigenvalue weighted by molar-refractivity contribution is 0.691. The number of aromatic nitrogens is 1. The van der Waals surface area contributed by atoms with Crippen LogP contribution in [0.2, 0.25) is 8.67 Å². The fraction of sp³-hybridized carbons (Fsp3) is 0.250. The number of rotatable bonds is 3. The minimum Gasteiger partial charge on any atom is -0.309 e. The number of halogens is 2. The first-order valence-corrected chi connectivity index (χ1v) is 6.73. The first-order valence-electron chi connectivity index (χ1n) is 5.16. The van der Waals surface area contributed by atoms with Crippen LogP contribution in [0.15, 0.2) is 24.4 Å². The zero-order valence-corrected chi connectivity index (χ0v) is 11.8. The Hall–Kier alpha value is -0.610. The van der Waals surface area contributed by atoms with Crippen molar-refractivity contribution < 1.29 is 0 Å². The van der Waals surface area contributed by atoms with Crippen LogP contribution < -0.4 is 5.32 Å². The minimum atomic E-state index is 0.0272. The molecule has 0 aromatic carbocycles. The number of nitrogens with zero attached hydrogens (tertiary/aromatic N) is 1. The van der Waals surface area contributed by atoms with Gasteiger partial charge in [0.15, 0.2) is 0 Å². The molecule has 0 aliphatic carbocycles. The molecular weight excluding hydrogens is 275 g/mol. The molecule has 0 aliphatic heterocycles. The van der Waals surface area contributed by atoms with E-state index in [4.69, 9.17) is 23.2 Å². The molecule has 2 heterocycles. The molecule has 2 rings (SSSR count). The van der Waals surface area contributed by atoms with Gasteiger partial charge >= 0.3 is 0 Å². The van der Waals surface area contributed by atoms with Crippen LogP contribution in [0.4, 0.5) is 0 Å². The highest BCUT2D eigenvalue weighted by Gasteiger charge is 2.18. The van der Waals surface area contributed by atoms with Crippen molar-refractivity contribution in [1.29, 1.82) is 0 Å². The zero-order chi connectivity index (χ0) is 12.4. The molecule has 5 heteroatoms. The second-order valence-electron chi connectivity index (χ2n) is 3.73. The van der Waals surface area contributed by atoms with Crippen LogP contribution in [-0.2, 0) is 0 Å². The highest BCUT2D eigenvalue weighted by Crippen LogP contribution is 2.37. The predicted octanol–water partition coefficient (Wildman–Crippen LogP) is 4.07. The van der Waals surface area contributed by atoms with E-state index in [9.17, 15) is 0 Å². The molecule has 0 aliphatic rings. The van der Waals surface area contributed by atoms with Gasteiger partial charge in [-0.05, 0) is 31.7 Å². The smallest absolute Gasteiger partial charge is 0.0995 e. The number of thiophene rings is 1. The van der Waals surface area contributed by atoms with E-state index in [1.165, 1.54) is 11.3 Å². The molecule has 2 aromatic rings. The minimum absolute atomic E-state index is 0.0272. The Morgan fingerprint density at radius 2 is 2.12 bits per heavy atom. The second kappa shape index (κ2) is 5.36. The molecule has 2 nitrogen and oxygen atoms in total. The Bertz CT molecular complexity index is 508. The average molecular weight is 287 g/mol. The molecular formula is C12H12Cl2N2S. The summed E-state index contributed by atoms with van der Waals surface area (Å²) in [6, 6.07) is 5.96. The fourth-order valence-electron chi connectivity index (χ4n) is 1.70. The maximum absolute atomic E-state index is 6.17. The van der Waals surface area contributed by atoms with E-state index >= 15 is 0 Å². The summed E-state index contributed by atoms with van der Waals surface area (Å²) in [7, 11) is 1.90. The lowest BCUT2D eigenvalue weighted by Gasteiger charge is -2.15. The summed E-state index contributed by atoms with van der Waals surface area (Å²) in [5, 5.41) is 3.23. The molecule has 0 saturated heterocycles. The Morgan fingerprint density at radius 3 is 2.59 bits per heavy atom. The lowest BCUT2D eigenvalue weighted by Crippen LogP contribution is -2.17. The molecule has 2 aromatic heterocycles. The standard InChI is InChI=1S/C12H12Cl2N2S/c1-7-3-4-8(6-16-7)11(15-2)9-5-10(13)17-12(9)14/h3-6,11,15H,1-2H3. The second-order valence-corrected chi connectivity index (χ2v) is 6.02. The molecule has 0 spiro atoms. The highest BCUT2D eigenvalue weighted by atomic mass is 35.5. The van der Waals surface area contributed by atoms with Crippen LogP contribution in [0, 0.1) is 6.92 Å². The van der Waals surface area contributed by atoms with Crippen molar-refractivity contribution in [2.75, 3.05) is 7.05 Å². The van der Waals surface area contributed by atoms with Crippen LogP contribution in [0.5, 0.6) is 0 Å². The maximum Gasteiger partial charge on any atom is 0.0995 e. The zero-order valence-electron chi connectivity index (χ0n) is 9.50.